The lowest BCUT2D eigenvalue weighted by Crippen LogP contribution is -2.30. The minimum absolute atomic E-state index is 0.234. The van der Waals surface area contributed by atoms with Gasteiger partial charge in [0.2, 0.25) is 10.1 Å². The van der Waals surface area contributed by atoms with Gasteiger partial charge in [0, 0.05) is 25.7 Å². The van der Waals surface area contributed by atoms with Crippen LogP contribution in [0.4, 0.5) is 5.13 Å². The number of amides is 1. The average molecular weight is 383 g/mol. The van der Waals surface area contributed by atoms with Crippen LogP contribution in [0, 0.1) is 0 Å². The van der Waals surface area contributed by atoms with Gasteiger partial charge >= 0.3 is 0 Å². The molecule has 1 N–H and O–H groups in total. The van der Waals surface area contributed by atoms with E-state index in [1.165, 1.54) is 28.3 Å². The number of anilines is 1. The fraction of sp³-hybridized carbons (Fsp3) is 0.368. The molecule has 4 rings (SSSR count). The Morgan fingerprint density at radius 1 is 1.15 bits per heavy atom. The highest BCUT2D eigenvalue weighted by Crippen LogP contribution is 2.25. The number of piperidine rings is 1. The number of hydrogen-bond donors (Lipinski definition) is 1. The highest BCUT2D eigenvalue weighted by molar-refractivity contribution is 7.20. The summed E-state index contributed by atoms with van der Waals surface area (Å²) in [6, 6.07) is 11.2. The summed E-state index contributed by atoms with van der Waals surface area (Å²) in [5.41, 5.74) is 0.963. The molecule has 0 bridgehead atoms. The van der Waals surface area contributed by atoms with E-state index in [4.69, 9.17) is 0 Å². The number of carbonyl (C=O) groups excluding carboxylic acids is 1. The molecule has 1 amide bonds. The molecule has 27 heavy (non-hydrogen) atoms. The van der Waals surface area contributed by atoms with Crippen LogP contribution in [-0.2, 0) is 6.42 Å². The van der Waals surface area contributed by atoms with Crippen molar-refractivity contribution < 1.29 is 4.79 Å². The van der Waals surface area contributed by atoms with Gasteiger partial charge in [0.25, 0.3) is 11.5 Å². The van der Waals surface area contributed by atoms with E-state index >= 15 is 0 Å². The van der Waals surface area contributed by atoms with E-state index in [1.807, 2.05) is 30.3 Å². The van der Waals surface area contributed by atoms with Gasteiger partial charge in [-0.2, -0.15) is 9.50 Å². The fourth-order valence-electron chi connectivity index (χ4n) is 3.24. The first kappa shape index (κ1) is 17.7. The van der Waals surface area contributed by atoms with Gasteiger partial charge in [-0.3, -0.25) is 9.59 Å². The highest BCUT2D eigenvalue weighted by Gasteiger charge is 2.19. The van der Waals surface area contributed by atoms with Crippen molar-refractivity contribution >= 4 is 27.3 Å². The van der Waals surface area contributed by atoms with Crippen molar-refractivity contribution in [2.75, 3.05) is 24.5 Å². The van der Waals surface area contributed by atoms with E-state index in [0.29, 0.717) is 11.5 Å². The fourth-order valence-corrected chi connectivity index (χ4v) is 4.19. The van der Waals surface area contributed by atoms with Gasteiger partial charge in [0.1, 0.15) is 5.69 Å². The molecule has 1 aliphatic rings. The van der Waals surface area contributed by atoms with Crippen molar-refractivity contribution in [2.24, 2.45) is 0 Å². The van der Waals surface area contributed by atoms with Gasteiger partial charge in [-0.1, -0.05) is 41.7 Å². The Hall–Kier alpha value is -2.74. The van der Waals surface area contributed by atoms with Crippen molar-refractivity contribution in [1.29, 1.82) is 0 Å². The number of nitrogens with one attached hydrogen (secondary N) is 1. The summed E-state index contributed by atoms with van der Waals surface area (Å²) in [6.07, 6.45) is 4.22. The molecule has 2 aromatic heterocycles. The minimum atomic E-state index is -0.419. The van der Waals surface area contributed by atoms with Gasteiger partial charge in [-0.05, 0) is 31.2 Å². The second kappa shape index (κ2) is 7.87. The molecule has 3 heterocycles. The van der Waals surface area contributed by atoms with Gasteiger partial charge in [-0.15, -0.1) is 5.10 Å². The molecule has 1 aromatic carbocycles. The molecule has 0 atom stereocenters. The van der Waals surface area contributed by atoms with Gasteiger partial charge in [0.05, 0.1) is 0 Å². The van der Waals surface area contributed by atoms with Crippen LogP contribution in [0.15, 0.2) is 41.2 Å². The quantitative estimate of drug-likeness (QED) is 0.730. The summed E-state index contributed by atoms with van der Waals surface area (Å²) >= 11 is 1.36. The zero-order chi connectivity index (χ0) is 18.6. The molecule has 0 radical (unpaired) electrons. The Balaban J connectivity index is 1.53. The van der Waals surface area contributed by atoms with Crippen LogP contribution in [0.5, 0.6) is 0 Å². The number of nitrogens with zero attached hydrogens (tertiary/aromatic N) is 4. The molecule has 8 heteroatoms. The number of aromatic nitrogens is 3. The zero-order valence-corrected chi connectivity index (χ0v) is 15.7. The highest BCUT2D eigenvalue weighted by atomic mass is 32.1. The second-order valence-electron chi connectivity index (χ2n) is 6.60. The van der Waals surface area contributed by atoms with Gasteiger partial charge in [-0.25, -0.2) is 0 Å². The third-order valence-corrected chi connectivity index (χ3v) is 5.61. The third kappa shape index (κ3) is 4.00. The molecule has 0 unspecified atom stereocenters. The molecule has 0 spiro atoms. The lowest BCUT2D eigenvalue weighted by Gasteiger charge is -2.25. The molecule has 0 aliphatic carbocycles. The van der Waals surface area contributed by atoms with Crippen molar-refractivity contribution in [1.82, 2.24) is 19.9 Å². The molecule has 140 valence electrons. The zero-order valence-electron chi connectivity index (χ0n) is 14.9. The summed E-state index contributed by atoms with van der Waals surface area (Å²) in [6.45, 7) is 2.39. The normalized spacial score (nSPS) is 14.4. The van der Waals surface area contributed by atoms with Crippen molar-refractivity contribution in [3.8, 4) is 0 Å². The van der Waals surface area contributed by atoms with Crippen LogP contribution >= 0.6 is 11.3 Å². The van der Waals surface area contributed by atoms with E-state index in [2.05, 4.69) is 20.3 Å². The Labute approximate surface area is 160 Å². The number of benzene rings is 1. The Morgan fingerprint density at radius 2 is 1.93 bits per heavy atom. The maximum absolute atomic E-state index is 12.6. The monoisotopic (exact) mass is 383 g/mol. The summed E-state index contributed by atoms with van der Waals surface area (Å²) in [5, 5.41) is 8.26. The molecular formula is C19H21N5O2S. The first-order valence-electron chi connectivity index (χ1n) is 9.19. The topological polar surface area (TPSA) is 79.6 Å². The van der Waals surface area contributed by atoms with E-state index in [0.717, 1.165) is 43.0 Å². The first-order chi connectivity index (χ1) is 13.2. The lowest BCUT2D eigenvalue weighted by atomic mass is 10.1. The third-order valence-electron chi connectivity index (χ3n) is 4.64. The first-order valence-corrected chi connectivity index (χ1v) is 10.0. The molecule has 1 fully saturated rings. The molecule has 0 saturated carbocycles. The number of rotatable bonds is 5. The van der Waals surface area contributed by atoms with E-state index in [-0.39, 0.29) is 11.6 Å². The van der Waals surface area contributed by atoms with Gasteiger partial charge < -0.3 is 10.2 Å². The Morgan fingerprint density at radius 3 is 2.70 bits per heavy atom. The summed E-state index contributed by atoms with van der Waals surface area (Å²) < 4.78 is 1.49. The minimum Gasteiger partial charge on any atom is -0.350 e. The number of fused-ring (bicyclic) bond motifs is 1. The van der Waals surface area contributed by atoms with E-state index in [1.54, 1.807) is 0 Å². The number of hydrogen-bond acceptors (Lipinski definition) is 6. The predicted octanol–water partition coefficient (Wildman–Crippen LogP) is 2.11. The molecule has 1 saturated heterocycles. The van der Waals surface area contributed by atoms with Crippen molar-refractivity contribution in [3.05, 3.63) is 58.0 Å². The van der Waals surface area contributed by atoms with Crippen molar-refractivity contribution in [2.45, 2.75) is 25.7 Å². The summed E-state index contributed by atoms with van der Waals surface area (Å²) in [7, 11) is 0. The standard InChI is InChI=1S/C19H21N5O2S/c25-16-13-15(17(26)20-10-9-14-7-3-1-4-8-14)24-18(21-16)27-19(22-24)23-11-5-2-6-12-23/h1,3-4,7-8,13H,2,5-6,9-12H2,(H,20,26). The lowest BCUT2D eigenvalue weighted by molar-refractivity contribution is 0.0946. The SMILES string of the molecule is O=C(NCCc1ccccc1)c1cc(=O)nc2sc(N3CCCCC3)nn12. The van der Waals surface area contributed by atoms with Crippen LogP contribution in [0.3, 0.4) is 0 Å². The van der Waals surface area contributed by atoms with Crippen LogP contribution in [-0.4, -0.2) is 40.1 Å². The second-order valence-corrected chi connectivity index (χ2v) is 7.53. The van der Waals surface area contributed by atoms with Crippen LogP contribution in [0.2, 0.25) is 0 Å². The summed E-state index contributed by atoms with van der Waals surface area (Å²) in [4.78, 5) is 31.3. The van der Waals surface area contributed by atoms with Crippen LogP contribution in [0.1, 0.15) is 35.3 Å². The maximum Gasteiger partial charge on any atom is 0.274 e. The van der Waals surface area contributed by atoms with E-state index in [9.17, 15) is 9.59 Å². The molecule has 1 aliphatic heterocycles. The van der Waals surface area contributed by atoms with Gasteiger partial charge in [0.15, 0.2) is 0 Å². The van der Waals surface area contributed by atoms with Crippen LogP contribution in [0.25, 0.3) is 4.96 Å². The number of carbonyl (C=O) groups is 1. The summed E-state index contributed by atoms with van der Waals surface area (Å²) in [5.74, 6) is -0.309. The van der Waals surface area contributed by atoms with E-state index < -0.39 is 5.56 Å². The molecule has 7 nitrogen and oxygen atoms in total. The molecular weight excluding hydrogens is 362 g/mol. The van der Waals surface area contributed by atoms with Crippen molar-refractivity contribution in [3.63, 3.8) is 0 Å². The molecule has 3 aromatic rings. The average Bonchev–Trinajstić information content (AvgIpc) is 3.12. The maximum atomic E-state index is 12.6. The predicted molar refractivity (Wildman–Crippen MR) is 106 cm³/mol. The Bertz CT molecular complexity index is 992. The smallest absolute Gasteiger partial charge is 0.274 e. The Kier molecular flexibility index (Phi) is 5.15. The van der Waals surface area contributed by atoms with Crippen LogP contribution < -0.4 is 15.8 Å². The largest absolute Gasteiger partial charge is 0.350 e.